The minimum absolute atomic E-state index is 0.0401. The van der Waals surface area contributed by atoms with E-state index in [0.29, 0.717) is 11.6 Å². The number of hydrogen-bond acceptors (Lipinski definition) is 4. The van der Waals surface area contributed by atoms with Crippen molar-refractivity contribution in [3.05, 3.63) is 34.9 Å². The molecular weight excluding hydrogens is 362 g/mol. The first kappa shape index (κ1) is 20.1. The van der Waals surface area contributed by atoms with Crippen molar-refractivity contribution in [2.24, 2.45) is 0 Å². The summed E-state index contributed by atoms with van der Waals surface area (Å²) in [4.78, 5) is 25.9. The minimum Gasteiger partial charge on any atom is -0.481 e. The van der Waals surface area contributed by atoms with Crippen molar-refractivity contribution in [1.29, 1.82) is 0 Å². The Morgan fingerprint density at radius 1 is 1.40 bits per heavy atom. The molecule has 0 aliphatic carbocycles. The van der Waals surface area contributed by atoms with Crippen LogP contribution < -0.4 is 0 Å². The van der Waals surface area contributed by atoms with E-state index in [2.05, 4.69) is 13.8 Å². The Hall–Kier alpha value is -1.24. The molecule has 7 heteroatoms. The number of hydrogen-bond donors (Lipinski definition) is 1. The molecule has 3 unspecified atom stereocenters. The molecule has 1 aliphatic heterocycles. The summed E-state index contributed by atoms with van der Waals surface area (Å²) in [7, 11) is 0. The second kappa shape index (κ2) is 9.46. The van der Waals surface area contributed by atoms with Crippen LogP contribution in [0, 0.1) is 0 Å². The van der Waals surface area contributed by atoms with Gasteiger partial charge in [0.2, 0.25) is 0 Å². The minimum atomic E-state index is -1.03. The number of ether oxygens (including phenoxy) is 1. The zero-order chi connectivity index (χ0) is 18.4. The highest BCUT2D eigenvalue weighted by molar-refractivity contribution is 7.99. The summed E-state index contributed by atoms with van der Waals surface area (Å²) >= 11 is 7.75. The molecule has 0 radical (unpaired) electrons. The summed E-state index contributed by atoms with van der Waals surface area (Å²) in [5, 5.41) is 9.69. The monoisotopic (exact) mass is 385 g/mol. The largest absolute Gasteiger partial charge is 0.481 e. The van der Waals surface area contributed by atoms with E-state index < -0.39 is 12.1 Å². The number of carboxylic acid groups (broad SMARTS) is 1. The molecule has 0 spiro atoms. The van der Waals surface area contributed by atoms with Crippen LogP contribution in [0.4, 0.5) is 0 Å². The van der Waals surface area contributed by atoms with E-state index in [9.17, 15) is 9.59 Å². The average Bonchev–Trinajstić information content (AvgIpc) is 2.59. The van der Waals surface area contributed by atoms with Crippen LogP contribution in [0.25, 0.3) is 0 Å². The number of carbonyl (C=O) groups is 2. The first-order chi connectivity index (χ1) is 12.0. The van der Waals surface area contributed by atoms with Gasteiger partial charge in [-0.3, -0.25) is 9.59 Å². The SMILES string of the molecule is CCSCC(CC)N1C(=O)C(CC(=O)O)OCC1c1ccc(Cl)cc1. The Balaban J connectivity index is 2.31. The van der Waals surface area contributed by atoms with Crippen molar-refractivity contribution in [3.8, 4) is 0 Å². The fourth-order valence-electron chi connectivity index (χ4n) is 3.01. The van der Waals surface area contributed by atoms with E-state index in [1.807, 2.05) is 17.0 Å². The van der Waals surface area contributed by atoms with Gasteiger partial charge in [0, 0.05) is 16.8 Å². The van der Waals surface area contributed by atoms with Crippen molar-refractivity contribution in [3.63, 3.8) is 0 Å². The van der Waals surface area contributed by atoms with Crippen LogP contribution in [-0.4, -0.2) is 52.1 Å². The molecule has 1 amide bonds. The molecule has 1 heterocycles. The maximum Gasteiger partial charge on any atom is 0.306 e. The Morgan fingerprint density at radius 2 is 2.08 bits per heavy atom. The molecule has 0 saturated carbocycles. The summed E-state index contributed by atoms with van der Waals surface area (Å²) in [5.74, 6) is 0.526. The van der Waals surface area contributed by atoms with Crippen molar-refractivity contribution >= 4 is 35.2 Å². The third kappa shape index (κ3) is 5.12. The van der Waals surface area contributed by atoms with Gasteiger partial charge in [-0.2, -0.15) is 11.8 Å². The number of carbonyl (C=O) groups excluding carboxylic acids is 1. The Kier molecular flexibility index (Phi) is 7.59. The molecule has 0 aromatic heterocycles. The molecule has 1 saturated heterocycles. The van der Waals surface area contributed by atoms with Crippen LogP contribution in [0.15, 0.2) is 24.3 Å². The second-order valence-electron chi connectivity index (χ2n) is 5.95. The molecule has 0 bridgehead atoms. The number of carboxylic acids is 1. The van der Waals surface area contributed by atoms with Crippen LogP contribution >= 0.6 is 23.4 Å². The zero-order valence-electron chi connectivity index (χ0n) is 14.5. The summed E-state index contributed by atoms with van der Waals surface area (Å²) in [6.45, 7) is 4.43. The highest BCUT2D eigenvalue weighted by Gasteiger charge is 2.40. The van der Waals surface area contributed by atoms with Crippen molar-refractivity contribution < 1.29 is 19.4 Å². The molecule has 1 aromatic rings. The summed E-state index contributed by atoms with van der Waals surface area (Å²) < 4.78 is 5.62. The van der Waals surface area contributed by atoms with Gasteiger partial charge in [0.05, 0.1) is 19.1 Å². The van der Waals surface area contributed by atoms with Crippen molar-refractivity contribution in [1.82, 2.24) is 4.90 Å². The van der Waals surface area contributed by atoms with Crippen LogP contribution in [0.3, 0.4) is 0 Å². The number of amides is 1. The fraction of sp³-hybridized carbons (Fsp3) is 0.556. The van der Waals surface area contributed by atoms with Crippen LogP contribution in [-0.2, 0) is 14.3 Å². The second-order valence-corrected chi connectivity index (χ2v) is 7.71. The standard InChI is InChI=1S/C18H24ClNO4S/c1-3-14(11-25-4-2)20-15(12-5-7-13(19)8-6-12)10-24-16(18(20)23)9-17(21)22/h5-8,14-16H,3-4,9-11H2,1-2H3,(H,21,22). The molecule has 2 rings (SSSR count). The molecule has 5 nitrogen and oxygen atoms in total. The number of morpholine rings is 1. The highest BCUT2D eigenvalue weighted by Crippen LogP contribution is 2.32. The first-order valence-corrected chi connectivity index (χ1v) is 9.99. The van der Waals surface area contributed by atoms with Gasteiger partial charge in [-0.1, -0.05) is 37.6 Å². The van der Waals surface area contributed by atoms with Crippen LogP contribution in [0.2, 0.25) is 5.02 Å². The zero-order valence-corrected chi connectivity index (χ0v) is 16.1. The lowest BCUT2D eigenvalue weighted by Gasteiger charge is -2.43. The van der Waals surface area contributed by atoms with Crippen molar-refractivity contribution in [2.75, 3.05) is 18.1 Å². The van der Waals surface area contributed by atoms with Gasteiger partial charge in [0.15, 0.2) is 0 Å². The lowest BCUT2D eigenvalue weighted by atomic mass is 9.99. The van der Waals surface area contributed by atoms with Crippen molar-refractivity contribution in [2.45, 2.75) is 44.9 Å². The van der Waals surface area contributed by atoms with E-state index in [0.717, 1.165) is 23.5 Å². The van der Waals surface area contributed by atoms with Gasteiger partial charge >= 0.3 is 5.97 Å². The van der Waals surface area contributed by atoms with E-state index in [1.165, 1.54) is 0 Å². The molecule has 3 atom stereocenters. The summed E-state index contributed by atoms with van der Waals surface area (Å²) in [5.41, 5.74) is 0.950. The Bertz CT molecular complexity index is 595. The third-order valence-corrected chi connectivity index (χ3v) is 5.60. The topological polar surface area (TPSA) is 66.8 Å². The molecule has 1 aliphatic rings. The average molecular weight is 386 g/mol. The number of halogens is 1. The van der Waals surface area contributed by atoms with E-state index in [1.54, 1.807) is 23.9 Å². The van der Waals surface area contributed by atoms with Gasteiger partial charge < -0.3 is 14.7 Å². The lowest BCUT2D eigenvalue weighted by Crippen LogP contribution is -2.54. The third-order valence-electron chi connectivity index (χ3n) is 4.31. The Labute approximate surface area is 157 Å². The van der Waals surface area contributed by atoms with E-state index in [4.69, 9.17) is 21.4 Å². The smallest absolute Gasteiger partial charge is 0.306 e. The van der Waals surface area contributed by atoms with Crippen LogP contribution in [0.5, 0.6) is 0 Å². The summed E-state index contributed by atoms with van der Waals surface area (Å²) in [6, 6.07) is 7.20. The molecule has 138 valence electrons. The van der Waals surface area contributed by atoms with Gasteiger partial charge in [-0.15, -0.1) is 0 Å². The van der Waals surface area contributed by atoms with E-state index >= 15 is 0 Å². The number of thioether (sulfide) groups is 1. The number of nitrogens with zero attached hydrogens (tertiary/aromatic N) is 1. The number of rotatable bonds is 8. The summed E-state index contributed by atoms with van der Waals surface area (Å²) in [6.07, 6.45) is -0.412. The first-order valence-electron chi connectivity index (χ1n) is 8.46. The Morgan fingerprint density at radius 3 is 2.64 bits per heavy atom. The molecule has 1 fully saturated rings. The lowest BCUT2D eigenvalue weighted by molar-refractivity contribution is -0.168. The molecular formula is C18H24ClNO4S. The van der Waals surface area contributed by atoms with E-state index in [-0.39, 0.29) is 24.4 Å². The highest BCUT2D eigenvalue weighted by atomic mass is 35.5. The molecule has 25 heavy (non-hydrogen) atoms. The van der Waals surface area contributed by atoms with Gasteiger partial charge in [-0.25, -0.2) is 0 Å². The maximum atomic E-state index is 13.0. The normalized spacial score (nSPS) is 22.0. The quantitative estimate of drug-likeness (QED) is 0.740. The maximum absolute atomic E-state index is 13.0. The van der Waals surface area contributed by atoms with Crippen LogP contribution in [0.1, 0.15) is 38.3 Å². The molecule has 1 N–H and O–H groups in total. The fourth-order valence-corrected chi connectivity index (χ4v) is 4.04. The van der Waals surface area contributed by atoms with Gasteiger partial charge in [0.1, 0.15) is 6.10 Å². The predicted octanol–water partition coefficient (Wildman–Crippen LogP) is 3.61. The van der Waals surface area contributed by atoms with Gasteiger partial charge in [-0.05, 0) is 29.9 Å². The molecule has 1 aromatic carbocycles. The number of benzene rings is 1. The van der Waals surface area contributed by atoms with Gasteiger partial charge in [0.25, 0.3) is 5.91 Å². The predicted molar refractivity (Wildman–Crippen MR) is 100 cm³/mol. The number of aliphatic carboxylic acids is 1.